The molecule has 30 heteroatoms. The van der Waals surface area contributed by atoms with Crippen molar-refractivity contribution in [1.29, 1.82) is 0 Å². The van der Waals surface area contributed by atoms with E-state index in [4.69, 9.17) is 24.5 Å². The molecule has 3 aromatic rings. The van der Waals surface area contributed by atoms with Crippen LogP contribution in [0.15, 0.2) is 123 Å². The maximum atomic E-state index is 14.1. The van der Waals surface area contributed by atoms with E-state index < -0.39 is 61.0 Å². The number of aromatic nitrogens is 1. The van der Waals surface area contributed by atoms with Gasteiger partial charge < -0.3 is 45.1 Å². The molecular formula is C80H112N13O15S2+. The molecule has 0 radical (unpaired) electrons. The topological polar surface area (TPSA) is 363 Å². The van der Waals surface area contributed by atoms with E-state index in [-0.39, 0.29) is 90.7 Å². The molecule has 1 saturated carbocycles. The summed E-state index contributed by atoms with van der Waals surface area (Å²) in [5.74, 6) is -0.825. The number of rotatable bonds is 44. The number of anilines is 1. The van der Waals surface area contributed by atoms with Crippen molar-refractivity contribution in [3.63, 3.8) is 0 Å². The van der Waals surface area contributed by atoms with Crippen molar-refractivity contribution in [2.24, 2.45) is 44.5 Å². The Labute approximate surface area is 647 Å². The van der Waals surface area contributed by atoms with Crippen LogP contribution in [0.4, 0.5) is 5.69 Å². The fourth-order valence-corrected chi connectivity index (χ4v) is 17.7. The third-order valence-electron chi connectivity index (χ3n) is 22.3. The van der Waals surface area contributed by atoms with Crippen LogP contribution in [0, 0.1) is 29.1 Å². The van der Waals surface area contributed by atoms with Gasteiger partial charge in [0.1, 0.15) is 35.1 Å². The number of allylic oxidation sites excluding steroid dienone is 2. The van der Waals surface area contributed by atoms with Crippen molar-refractivity contribution < 1.29 is 73.7 Å². The highest BCUT2D eigenvalue weighted by Gasteiger charge is 2.56. The molecular weight excluding hydrogens is 1450 g/mol. The number of fused-ring (bicyclic) bond motifs is 2. The first kappa shape index (κ1) is 85.0. The van der Waals surface area contributed by atoms with E-state index in [9.17, 15) is 50.2 Å². The standard InChI is InChI=1S/C80H111N13O15S2/c1-9-90(10-2)63-31-27-55-43-57(78(99)108-69(55)48-63)28-30-62-32-33-65(110(102,103)104)54-91(62)39-21-15-17-25-72(94)82-38-41-107-42-40-92-53-61(87-89-92)51-85-76(97)56-23-22-24-64(44-56)109(100,101)93-52-58(29-34-74(93)96)77(98)83-36-19-13-11-16-26-73(95)84-50-59-45-66(68-49-67(59)80(68,5)6)75-70(105-7)46-60(47-71(75)106-8)79(3,4)35-18-12-14-20-37-86-88-81/h22-23,27-34,44-48,54,57-58,61,64,66-68H,9-21,24-26,35-43,49-53H2,1-8H3,(H4-,82,83,84,85,94,95,97,98,102,103,104)/p+1/b30-28+/t57?,58?,61?,64?,66-,67+,68-/m0/s1. The van der Waals surface area contributed by atoms with E-state index in [1.54, 1.807) is 48.1 Å². The molecule has 1 fully saturated rings. The third kappa shape index (κ3) is 22.6. The summed E-state index contributed by atoms with van der Waals surface area (Å²) in [4.78, 5) is 83.8. The predicted molar refractivity (Wildman–Crippen MR) is 418 cm³/mol. The van der Waals surface area contributed by atoms with Gasteiger partial charge in [-0.2, -0.15) is 18.1 Å². The average molecular weight is 1560 g/mol. The molecule has 1 aromatic heterocycles. The number of hydrogen-bond donors (Lipinski definition) is 5. The molecule has 2 aromatic carbocycles. The number of sulfonamides is 1. The number of carbonyl (C=O) groups is 6. The number of azide groups is 1. The second-order valence-electron chi connectivity index (χ2n) is 30.5. The third-order valence-corrected chi connectivity index (χ3v) is 25.1. The molecule has 4 aliphatic carbocycles. The Morgan fingerprint density at radius 1 is 0.855 bits per heavy atom. The summed E-state index contributed by atoms with van der Waals surface area (Å²) in [6, 6.07) is 12.7. The molecule has 4 unspecified atom stereocenters. The van der Waals surface area contributed by atoms with Gasteiger partial charge in [0.2, 0.25) is 33.4 Å². The number of amides is 5. The van der Waals surface area contributed by atoms with E-state index in [1.165, 1.54) is 36.1 Å². The molecule has 0 saturated heterocycles. The van der Waals surface area contributed by atoms with Crippen LogP contribution < -0.4 is 44.9 Å². The Hall–Kier alpha value is -8.96. The van der Waals surface area contributed by atoms with Crippen LogP contribution in [-0.4, -0.2) is 170 Å². The van der Waals surface area contributed by atoms with Crippen LogP contribution >= 0.6 is 0 Å². The molecule has 5 amide bonds. The minimum Gasteiger partial charge on any atom is -0.496 e. The van der Waals surface area contributed by atoms with Crippen LogP contribution in [0.3, 0.4) is 0 Å². The molecule has 28 nitrogen and oxygen atoms in total. The number of pyridine rings is 1. The summed E-state index contributed by atoms with van der Waals surface area (Å²) in [5.41, 5.74) is 14.5. The van der Waals surface area contributed by atoms with Gasteiger partial charge in [-0.15, -0.1) is 0 Å². The van der Waals surface area contributed by atoms with Crippen molar-refractivity contribution in [3.05, 3.63) is 135 Å². The smallest absolute Gasteiger partial charge is 0.318 e. The fourth-order valence-electron chi connectivity index (χ4n) is 15.5. The molecule has 3 aliphatic heterocycles. The number of nitrogens with zero attached hydrogens (tertiary/aromatic N) is 9. The van der Waals surface area contributed by atoms with Crippen LogP contribution in [0.25, 0.3) is 16.5 Å². The minimum atomic E-state index is -4.48. The monoisotopic (exact) mass is 1560 g/mol. The number of benzene rings is 2. The van der Waals surface area contributed by atoms with E-state index in [2.05, 4.69) is 106 Å². The van der Waals surface area contributed by atoms with Gasteiger partial charge in [-0.25, -0.2) is 12.7 Å². The average Bonchev–Trinajstić information content (AvgIpc) is 0.756. The number of unbranched alkanes of at least 4 members (excludes halogenated alkanes) is 8. The van der Waals surface area contributed by atoms with Gasteiger partial charge in [0.25, 0.3) is 21.9 Å². The Morgan fingerprint density at radius 3 is 2.29 bits per heavy atom. The normalized spacial score (nSPS) is 20.6. The zero-order valence-electron chi connectivity index (χ0n) is 65.0. The summed E-state index contributed by atoms with van der Waals surface area (Å²) in [5, 5.41) is 24.3. The highest BCUT2D eigenvalue weighted by Crippen LogP contribution is 2.65. The number of methoxy groups -OCH3 is 2. The number of aryl methyl sites for hydroxylation is 1. The first-order valence-corrected chi connectivity index (χ1v) is 41.8. The number of hydrogen-bond acceptors (Lipinski definition) is 19. The van der Waals surface area contributed by atoms with Gasteiger partial charge >= 0.3 is 5.97 Å². The lowest BCUT2D eigenvalue weighted by Gasteiger charge is -2.59. The van der Waals surface area contributed by atoms with Gasteiger partial charge in [0.05, 0.1) is 58.9 Å². The molecule has 2 bridgehead atoms. The number of ether oxygens (including phenoxy) is 4. The largest absolute Gasteiger partial charge is 0.496 e. The Kier molecular flexibility index (Phi) is 30.8. The predicted octanol–water partition coefficient (Wildman–Crippen LogP) is 10.4. The fraction of sp³-hybridized carbons (Fsp3) is 0.588. The van der Waals surface area contributed by atoms with E-state index in [0.717, 1.165) is 104 Å². The lowest BCUT2D eigenvalue weighted by atomic mass is 9.45. The van der Waals surface area contributed by atoms with Crippen molar-refractivity contribution in [2.75, 3.05) is 97.8 Å². The van der Waals surface area contributed by atoms with E-state index >= 15 is 0 Å². The van der Waals surface area contributed by atoms with Gasteiger partial charge in [0.15, 0.2) is 11.1 Å². The molecule has 7 aliphatic rings. The summed E-state index contributed by atoms with van der Waals surface area (Å²) in [6.45, 7) is 17.9. The van der Waals surface area contributed by atoms with Crippen LogP contribution in [0.5, 0.6) is 17.2 Å². The molecule has 4 heterocycles. The summed E-state index contributed by atoms with van der Waals surface area (Å²) < 4.78 is 88.2. The van der Waals surface area contributed by atoms with E-state index in [0.29, 0.717) is 112 Å². The summed E-state index contributed by atoms with van der Waals surface area (Å²) in [6.07, 6.45) is 25.8. The highest BCUT2D eigenvalue weighted by atomic mass is 32.2. The lowest BCUT2D eigenvalue weighted by Crippen LogP contribution is -2.52. The van der Waals surface area contributed by atoms with Crippen molar-refractivity contribution in [1.82, 2.24) is 30.6 Å². The first-order valence-electron chi connectivity index (χ1n) is 38.9. The van der Waals surface area contributed by atoms with Crippen molar-refractivity contribution in [3.8, 4) is 17.2 Å². The van der Waals surface area contributed by atoms with Gasteiger partial charge in [-0.3, -0.25) is 38.3 Å². The quantitative estimate of drug-likeness (QED) is 0.00404. The lowest BCUT2D eigenvalue weighted by molar-refractivity contribution is -0.700. The SMILES string of the molecule is CCN(CC)c1ccc2c(c1)OC(=O)C(/C=C/c1ccc(S(=O)(=O)O)c[n+]1CCCCCC(=O)NCCOCCN1CC(CNC(=O)C3=CC(S(=O)(=O)N4CC(C(=O)NCCCCCCC(=O)NCC5=C[C@H](c6c(OC)cc(C(C)(C)CCCCCCN=[N+]=[N-])cc6OC)[C@@H]6C[C@H]5C6(C)C)C=CC4=O)CC=C3)N=N1)C2. The molecule has 110 heavy (non-hydrogen) atoms. The van der Waals surface area contributed by atoms with Crippen LogP contribution in [0.2, 0.25) is 0 Å². The Balaban J connectivity index is 0.619. The highest BCUT2D eigenvalue weighted by molar-refractivity contribution is 7.90. The second-order valence-corrected chi connectivity index (χ2v) is 34.0. The second kappa shape index (κ2) is 39.8. The summed E-state index contributed by atoms with van der Waals surface area (Å²) in [7, 11) is -5.41. The molecule has 598 valence electrons. The first-order chi connectivity index (χ1) is 52.7. The van der Waals surface area contributed by atoms with Crippen molar-refractivity contribution >= 4 is 67.4 Å². The Morgan fingerprint density at radius 2 is 1.57 bits per heavy atom. The maximum absolute atomic E-state index is 14.1. The minimum absolute atomic E-state index is 0.0140. The molecule has 0 spiro atoms. The summed E-state index contributed by atoms with van der Waals surface area (Å²) >= 11 is 0. The van der Waals surface area contributed by atoms with Gasteiger partial charge in [-0.05, 0) is 135 Å². The Bertz CT molecular complexity index is 4230. The number of esters is 1. The number of nitrogens with one attached hydrogen (secondary N) is 4. The van der Waals surface area contributed by atoms with E-state index in [1.807, 2.05) is 18.2 Å². The molecule has 7 atom stereocenters. The van der Waals surface area contributed by atoms with Crippen molar-refractivity contribution in [2.45, 2.75) is 185 Å². The molecule has 10 rings (SSSR count). The zero-order valence-corrected chi connectivity index (χ0v) is 66.6. The number of carbonyl (C=O) groups excluding carboxylic acids is 6. The van der Waals surface area contributed by atoms with Gasteiger partial charge in [0, 0.05) is 117 Å². The zero-order chi connectivity index (χ0) is 79.2. The molecule has 5 N–H and O–H groups in total. The van der Waals surface area contributed by atoms with Gasteiger partial charge in [-0.1, -0.05) is 118 Å². The van der Waals surface area contributed by atoms with Crippen LogP contribution in [0.1, 0.15) is 173 Å². The maximum Gasteiger partial charge on any atom is 0.318 e. The van der Waals surface area contributed by atoms with Crippen LogP contribution in [-0.2, 0) is 72.0 Å².